The molecular formula is C17H25N3O2. The van der Waals surface area contributed by atoms with Crippen LogP contribution in [0.3, 0.4) is 0 Å². The summed E-state index contributed by atoms with van der Waals surface area (Å²) in [5.74, 6) is 0.241. The van der Waals surface area contributed by atoms with Crippen LogP contribution < -0.4 is 10.6 Å². The average Bonchev–Trinajstić information content (AvgIpc) is 2.86. The summed E-state index contributed by atoms with van der Waals surface area (Å²) in [6, 6.07) is 7.75. The molecule has 0 aliphatic carbocycles. The third-order valence-electron chi connectivity index (χ3n) is 3.73. The van der Waals surface area contributed by atoms with E-state index in [0.717, 1.165) is 17.7 Å². The van der Waals surface area contributed by atoms with E-state index in [9.17, 15) is 9.90 Å². The lowest BCUT2D eigenvalue weighted by Gasteiger charge is -2.14. The van der Waals surface area contributed by atoms with E-state index < -0.39 is 0 Å². The molecule has 0 saturated heterocycles. The molecule has 0 bridgehead atoms. The minimum Gasteiger partial charge on any atom is -0.393 e. The molecular weight excluding hydrogens is 278 g/mol. The van der Waals surface area contributed by atoms with Crippen molar-refractivity contribution in [2.75, 3.05) is 11.9 Å². The van der Waals surface area contributed by atoms with Gasteiger partial charge in [0.25, 0.3) is 0 Å². The predicted octanol–water partition coefficient (Wildman–Crippen LogP) is 3.19. The number of fused-ring (bicyclic) bond motifs is 1. The van der Waals surface area contributed by atoms with Crippen LogP contribution in [0.15, 0.2) is 30.5 Å². The fourth-order valence-electron chi connectivity index (χ4n) is 2.65. The second-order valence-electron chi connectivity index (χ2n) is 5.90. The second kappa shape index (κ2) is 7.31. The molecule has 5 heteroatoms. The highest BCUT2D eigenvalue weighted by atomic mass is 16.3. The van der Waals surface area contributed by atoms with Gasteiger partial charge in [-0.05, 0) is 49.8 Å². The third kappa shape index (κ3) is 4.24. The Morgan fingerprint density at radius 1 is 1.32 bits per heavy atom. The number of nitrogens with one attached hydrogen (secondary N) is 2. The Balaban J connectivity index is 1.94. The Bertz CT molecular complexity index is 634. The Labute approximate surface area is 131 Å². The average molecular weight is 303 g/mol. The number of anilines is 1. The summed E-state index contributed by atoms with van der Waals surface area (Å²) in [5, 5.41) is 16.2. The van der Waals surface area contributed by atoms with Crippen LogP contribution in [-0.2, 0) is 6.54 Å². The minimum atomic E-state index is -0.343. The number of hydrogen-bond acceptors (Lipinski definition) is 2. The quantitative estimate of drug-likeness (QED) is 0.767. The van der Waals surface area contributed by atoms with Gasteiger partial charge in [0.05, 0.1) is 11.6 Å². The van der Waals surface area contributed by atoms with E-state index in [-0.39, 0.29) is 18.1 Å². The molecule has 2 aromatic rings. The summed E-state index contributed by atoms with van der Waals surface area (Å²) in [7, 11) is 0. The molecule has 2 atom stereocenters. The van der Waals surface area contributed by atoms with Crippen molar-refractivity contribution in [1.82, 2.24) is 9.88 Å². The van der Waals surface area contributed by atoms with Crippen molar-refractivity contribution in [2.45, 2.75) is 39.8 Å². The van der Waals surface area contributed by atoms with Crippen LogP contribution in [0.4, 0.5) is 10.5 Å². The summed E-state index contributed by atoms with van der Waals surface area (Å²) in [5.41, 5.74) is 1.89. The van der Waals surface area contributed by atoms with E-state index in [0.29, 0.717) is 13.0 Å². The first-order chi connectivity index (χ1) is 10.5. The van der Waals surface area contributed by atoms with E-state index in [2.05, 4.69) is 28.2 Å². The van der Waals surface area contributed by atoms with Gasteiger partial charge in [0.2, 0.25) is 0 Å². The third-order valence-corrected chi connectivity index (χ3v) is 3.73. The summed E-state index contributed by atoms with van der Waals surface area (Å²) < 4.78 is 2.14. The standard InChI is InChI=1S/C17H25N3O2/c1-4-20-8-7-14-5-6-15(10-16(14)20)19-17(22)18-11-12(2)9-13(3)21/h5-8,10,12-13,21H,4,9,11H2,1-3H3,(H2,18,19,22). The fourth-order valence-corrected chi connectivity index (χ4v) is 2.65. The molecule has 120 valence electrons. The zero-order valence-electron chi connectivity index (χ0n) is 13.5. The van der Waals surface area contributed by atoms with E-state index in [1.54, 1.807) is 6.92 Å². The monoisotopic (exact) mass is 303 g/mol. The topological polar surface area (TPSA) is 66.3 Å². The number of hydrogen-bond donors (Lipinski definition) is 3. The van der Waals surface area contributed by atoms with Gasteiger partial charge in [-0.1, -0.05) is 13.0 Å². The van der Waals surface area contributed by atoms with Crippen molar-refractivity contribution in [3.05, 3.63) is 30.5 Å². The Morgan fingerprint density at radius 2 is 2.09 bits per heavy atom. The van der Waals surface area contributed by atoms with Crippen LogP contribution >= 0.6 is 0 Å². The van der Waals surface area contributed by atoms with E-state index in [1.165, 1.54) is 5.39 Å². The molecule has 1 heterocycles. The number of benzene rings is 1. The van der Waals surface area contributed by atoms with Crippen molar-refractivity contribution in [3.63, 3.8) is 0 Å². The summed E-state index contributed by atoms with van der Waals surface area (Å²) in [6.45, 7) is 7.30. The van der Waals surface area contributed by atoms with E-state index in [4.69, 9.17) is 0 Å². The number of carbonyl (C=O) groups excluding carboxylic acids is 1. The lowest BCUT2D eigenvalue weighted by atomic mass is 10.1. The zero-order chi connectivity index (χ0) is 16.1. The SMILES string of the molecule is CCn1ccc2ccc(NC(=O)NCC(C)CC(C)O)cc21. The molecule has 1 aromatic heterocycles. The van der Waals surface area contributed by atoms with Crippen LogP contribution in [0.2, 0.25) is 0 Å². The summed E-state index contributed by atoms with van der Waals surface area (Å²) in [4.78, 5) is 11.9. The number of aryl methyl sites for hydroxylation is 1. The Hall–Kier alpha value is -2.01. The first kappa shape index (κ1) is 16.4. The first-order valence-corrected chi connectivity index (χ1v) is 7.81. The largest absolute Gasteiger partial charge is 0.393 e. The maximum absolute atomic E-state index is 11.9. The maximum Gasteiger partial charge on any atom is 0.319 e. The van der Waals surface area contributed by atoms with Crippen LogP contribution in [0.25, 0.3) is 10.9 Å². The molecule has 3 N–H and O–H groups in total. The number of amides is 2. The second-order valence-corrected chi connectivity index (χ2v) is 5.90. The molecule has 0 aliphatic rings. The summed E-state index contributed by atoms with van der Waals surface area (Å²) >= 11 is 0. The number of aliphatic hydroxyl groups excluding tert-OH is 1. The molecule has 0 aliphatic heterocycles. The van der Waals surface area contributed by atoms with Crippen molar-refractivity contribution in [2.24, 2.45) is 5.92 Å². The molecule has 1 aromatic carbocycles. The molecule has 2 unspecified atom stereocenters. The van der Waals surface area contributed by atoms with Gasteiger partial charge in [-0.2, -0.15) is 0 Å². The Kier molecular flexibility index (Phi) is 5.44. The van der Waals surface area contributed by atoms with Crippen LogP contribution in [-0.4, -0.2) is 28.4 Å². The van der Waals surface area contributed by atoms with Crippen molar-refractivity contribution < 1.29 is 9.90 Å². The van der Waals surface area contributed by atoms with Gasteiger partial charge in [0.1, 0.15) is 0 Å². The summed E-state index contributed by atoms with van der Waals surface area (Å²) in [6.07, 6.45) is 2.38. The van der Waals surface area contributed by atoms with E-state index >= 15 is 0 Å². The molecule has 0 saturated carbocycles. The molecule has 0 spiro atoms. The van der Waals surface area contributed by atoms with Gasteiger partial charge < -0.3 is 20.3 Å². The van der Waals surface area contributed by atoms with Gasteiger partial charge in [0.15, 0.2) is 0 Å². The first-order valence-electron chi connectivity index (χ1n) is 7.81. The highest BCUT2D eigenvalue weighted by molar-refractivity contribution is 5.92. The van der Waals surface area contributed by atoms with Crippen LogP contribution in [0.1, 0.15) is 27.2 Å². The molecule has 2 rings (SSSR count). The lowest BCUT2D eigenvalue weighted by molar-refractivity contribution is 0.163. The zero-order valence-corrected chi connectivity index (χ0v) is 13.5. The van der Waals surface area contributed by atoms with E-state index in [1.807, 2.05) is 31.3 Å². The fraction of sp³-hybridized carbons (Fsp3) is 0.471. The lowest BCUT2D eigenvalue weighted by Crippen LogP contribution is -2.33. The number of rotatable bonds is 6. The smallest absolute Gasteiger partial charge is 0.319 e. The molecule has 2 amide bonds. The Morgan fingerprint density at radius 3 is 2.77 bits per heavy atom. The van der Waals surface area contributed by atoms with Crippen molar-refractivity contribution in [1.29, 1.82) is 0 Å². The maximum atomic E-state index is 11.9. The molecule has 0 radical (unpaired) electrons. The van der Waals surface area contributed by atoms with Crippen LogP contribution in [0.5, 0.6) is 0 Å². The highest BCUT2D eigenvalue weighted by Gasteiger charge is 2.09. The number of urea groups is 1. The number of carbonyl (C=O) groups is 1. The predicted molar refractivity (Wildman–Crippen MR) is 90.1 cm³/mol. The van der Waals surface area contributed by atoms with Crippen molar-refractivity contribution >= 4 is 22.6 Å². The molecule has 22 heavy (non-hydrogen) atoms. The highest BCUT2D eigenvalue weighted by Crippen LogP contribution is 2.20. The molecule has 0 fully saturated rings. The van der Waals surface area contributed by atoms with Gasteiger partial charge in [-0.3, -0.25) is 0 Å². The van der Waals surface area contributed by atoms with Gasteiger partial charge in [-0.15, -0.1) is 0 Å². The molecule has 5 nitrogen and oxygen atoms in total. The minimum absolute atomic E-state index is 0.216. The van der Waals surface area contributed by atoms with Crippen molar-refractivity contribution in [3.8, 4) is 0 Å². The number of nitrogens with zero attached hydrogens (tertiary/aromatic N) is 1. The number of aliphatic hydroxyl groups is 1. The van der Waals surface area contributed by atoms with Gasteiger partial charge in [0, 0.05) is 25.0 Å². The van der Waals surface area contributed by atoms with Crippen LogP contribution in [0, 0.1) is 5.92 Å². The van der Waals surface area contributed by atoms with Gasteiger partial charge >= 0.3 is 6.03 Å². The normalized spacial score (nSPS) is 13.8. The number of aromatic nitrogens is 1. The van der Waals surface area contributed by atoms with Gasteiger partial charge in [-0.25, -0.2) is 4.79 Å².